The number of sulfonamides is 1. The van der Waals surface area contributed by atoms with Gasteiger partial charge >= 0.3 is 0 Å². The van der Waals surface area contributed by atoms with E-state index in [1.807, 2.05) is 4.90 Å². The molecule has 1 unspecified atom stereocenters. The monoisotopic (exact) mass is 330 g/mol. The average molecular weight is 330 g/mol. The van der Waals surface area contributed by atoms with Gasteiger partial charge in [-0.05, 0) is 37.7 Å². The van der Waals surface area contributed by atoms with E-state index in [-0.39, 0.29) is 10.1 Å². The van der Waals surface area contributed by atoms with E-state index in [0.29, 0.717) is 17.0 Å². The minimum Gasteiger partial charge on any atom is -0.339 e. The lowest BCUT2D eigenvalue weighted by atomic mass is 9.98. The maximum Gasteiger partial charge on any atom is 0.255 e. The molecule has 2 rings (SSSR count). The van der Waals surface area contributed by atoms with Gasteiger partial charge in [-0.25, -0.2) is 13.6 Å². The highest BCUT2D eigenvalue weighted by atomic mass is 32.2. The number of hydrogen-bond acceptors (Lipinski definition) is 4. The number of thiophene rings is 1. The SMILES string of the molecule is CCC1CCCN(C(=O)c2csc(S(N)(=O)=O)c2C)CC1. The molecule has 0 saturated carbocycles. The van der Waals surface area contributed by atoms with E-state index >= 15 is 0 Å². The largest absolute Gasteiger partial charge is 0.339 e. The molecule has 1 atom stereocenters. The number of nitrogens with zero attached hydrogens (tertiary/aromatic N) is 1. The number of likely N-dealkylation sites (tertiary alicyclic amines) is 1. The Morgan fingerprint density at radius 2 is 2.14 bits per heavy atom. The van der Waals surface area contributed by atoms with Gasteiger partial charge in [0.1, 0.15) is 4.21 Å². The van der Waals surface area contributed by atoms with Crippen LogP contribution in [0.4, 0.5) is 0 Å². The molecule has 1 aliphatic heterocycles. The normalized spacial score (nSPS) is 20.3. The van der Waals surface area contributed by atoms with E-state index in [0.717, 1.165) is 50.1 Å². The van der Waals surface area contributed by atoms with Gasteiger partial charge in [0.15, 0.2) is 0 Å². The summed E-state index contributed by atoms with van der Waals surface area (Å²) in [6.07, 6.45) is 4.34. The first-order chi connectivity index (χ1) is 9.84. The second kappa shape index (κ2) is 6.46. The topological polar surface area (TPSA) is 80.5 Å². The van der Waals surface area contributed by atoms with Crippen LogP contribution >= 0.6 is 11.3 Å². The van der Waals surface area contributed by atoms with Crippen molar-refractivity contribution in [2.75, 3.05) is 13.1 Å². The molecular formula is C14H22N2O3S2. The van der Waals surface area contributed by atoms with Gasteiger partial charge in [-0.1, -0.05) is 13.3 Å². The number of carbonyl (C=O) groups is 1. The standard InChI is InChI=1S/C14H22N2O3S2/c1-3-11-5-4-7-16(8-6-11)13(17)12-9-20-14(10(12)2)21(15,18)19/h9,11H,3-8H2,1-2H3,(H2,15,18,19). The van der Waals surface area contributed by atoms with Crippen LogP contribution in [0.2, 0.25) is 0 Å². The Kier molecular flexibility index (Phi) is 5.06. The van der Waals surface area contributed by atoms with Gasteiger partial charge in [-0.15, -0.1) is 11.3 Å². The fraction of sp³-hybridized carbons (Fsp3) is 0.643. The van der Waals surface area contributed by atoms with E-state index in [9.17, 15) is 13.2 Å². The summed E-state index contributed by atoms with van der Waals surface area (Å²) in [7, 11) is -3.75. The second-order valence-electron chi connectivity index (χ2n) is 5.60. The fourth-order valence-electron chi connectivity index (χ4n) is 2.84. The summed E-state index contributed by atoms with van der Waals surface area (Å²) in [5.41, 5.74) is 0.947. The third kappa shape index (κ3) is 3.64. The Morgan fingerprint density at radius 3 is 2.71 bits per heavy atom. The van der Waals surface area contributed by atoms with Crippen molar-refractivity contribution in [2.24, 2.45) is 11.1 Å². The molecule has 2 N–H and O–H groups in total. The highest BCUT2D eigenvalue weighted by Crippen LogP contribution is 2.28. The molecule has 118 valence electrons. The highest BCUT2D eigenvalue weighted by Gasteiger charge is 2.26. The van der Waals surface area contributed by atoms with Crippen molar-refractivity contribution in [1.82, 2.24) is 4.90 Å². The first-order valence-corrected chi connectivity index (χ1v) is 9.67. The van der Waals surface area contributed by atoms with E-state index in [1.165, 1.54) is 0 Å². The van der Waals surface area contributed by atoms with E-state index in [4.69, 9.17) is 5.14 Å². The van der Waals surface area contributed by atoms with Crippen LogP contribution in [0.1, 0.15) is 48.5 Å². The molecule has 0 aromatic carbocycles. The molecule has 1 fully saturated rings. The van der Waals surface area contributed by atoms with Gasteiger partial charge in [-0.3, -0.25) is 4.79 Å². The van der Waals surface area contributed by atoms with Crippen molar-refractivity contribution >= 4 is 27.3 Å². The first-order valence-electron chi connectivity index (χ1n) is 7.24. The number of primary sulfonamides is 1. The molecule has 0 radical (unpaired) electrons. The van der Waals surface area contributed by atoms with Gasteiger partial charge in [0.2, 0.25) is 10.0 Å². The summed E-state index contributed by atoms with van der Waals surface area (Å²) >= 11 is 1.03. The van der Waals surface area contributed by atoms with Gasteiger partial charge < -0.3 is 4.90 Å². The Hall–Kier alpha value is -0.920. The maximum absolute atomic E-state index is 12.6. The molecule has 1 aliphatic rings. The zero-order chi connectivity index (χ0) is 15.6. The van der Waals surface area contributed by atoms with Crippen LogP contribution in [0.3, 0.4) is 0 Å². The van der Waals surface area contributed by atoms with Crippen molar-refractivity contribution in [3.05, 3.63) is 16.5 Å². The van der Waals surface area contributed by atoms with Crippen molar-refractivity contribution in [3.63, 3.8) is 0 Å². The predicted molar refractivity (Wildman–Crippen MR) is 84.0 cm³/mol. The van der Waals surface area contributed by atoms with Crippen LogP contribution in [-0.2, 0) is 10.0 Å². The molecule has 2 heterocycles. The molecule has 21 heavy (non-hydrogen) atoms. The summed E-state index contributed by atoms with van der Waals surface area (Å²) in [4.78, 5) is 14.5. The van der Waals surface area contributed by atoms with Crippen LogP contribution < -0.4 is 5.14 Å². The van der Waals surface area contributed by atoms with Gasteiger partial charge in [0.25, 0.3) is 5.91 Å². The van der Waals surface area contributed by atoms with Crippen molar-refractivity contribution < 1.29 is 13.2 Å². The number of hydrogen-bond donors (Lipinski definition) is 1. The van der Waals surface area contributed by atoms with Crippen LogP contribution in [-0.4, -0.2) is 32.3 Å². The van der Waals surface area contributed by atoms with Crippen molar-refractivity contribution in [1.29, 1.82) is 0 Å². The molecule has 1 aromatic rings. The molecule has 7 heteroatoms. The maximum atomic E-state index is 12.6. The van der Waals surface area contributed by atoms with Crippen LogP contribution in [0.5, 0.6) is 0 Å². The van der Waals surface area contributed by atoms with E-state index < -0.39 is 10.0 Å². The van der Waals surface area contributed by atoms with Crippen molar-refractivity contribution in [3.8, 4) is 0 Å². The Balaban J connectivity index is 2.19. The quantitative estimate of drug-likeness (QED) is 0.924. The lowest BCUT2D eigenvalue weighted by Crippen LogP contribution is -2.32. The van der Waals surface area contributed by atoms with Gasteiger partial charge in [-0.2, -0.15) is 0 Å². The molecule has 1 amide bonds. The van der Waals surface area contributed by atoms with Crippen LogP contribution in [0.25, 0.3) is 0 Å². The lowest BCUT2D eigenvalue weighted by Gasteiger charge is -2.20. The zero-order valence-corrected chi connectivity index (χ0v) is 14.1. The molecule has 0 aliphatic carbocycles. The molecule has 0 bridgehead atoms. The highest BCUT2D eigenvalue weighted by molar-refractivity contribution is 7.91. The first kappa shape index (κ1) is 16.5. The molecular weight excluding hydrogens is 308 g/mol. The lowest BCUT2D eigenvalue weighted by molar-refractivity contribution is 0.0759. The number of nitrogens with two attached hydrogens (primary N) is 1. The molecule has 5 nitrogen and oxygen atoms in total. The molecule has 0 spiro atoms. The molecule has 1 aromatic heterocycles. The van der Waals surface area contributed by atoms with E-state index in [2.05, 4.69) is 6.92 Å². The number of rotatable bonds is 3. The Morgan fingerprint density at radius 1 is 1.43 bits per heavy atom. The fourth-order valence-corrected chi connectivity index (χ4v) is 4.84. The second-order valence-corrected chi connectivity index (χ2v) is 8.24. The third-order valence-electron chi connectivity index (χ3n) is 4.20. The zero-order valence-electron chi connectivity index (χ0n) is 12.5. The minimum atomic E-state index is -3.75. The Bertz CT molecular complexity index is 622. The summed E-state index contributed by atoms with van der Waals surface area (Å²) in [6, 6.07) is 0. The van der Waals surface area contributed by atoms with Gasteiger partial charge in [0.05, 0.1) is 5.56 Å². The predicted octanol–water partition coefficient (Wildman–Crippen LogP) is 2.36. The summed E-state index contributed by atoms with van der Waals surface area (Å²) in [6.45, 7) is 5.33. The number of amides is 1. The molecule has 1 saturated heterocycles. The average Bonchev–Trinajstić information content (AvgIpc) is 2.67. The van der Waals surface area contributed by atoms with E-state index in [1.54, 1.807) is 12.3 Å². The number of carbonyl (C=O) groups excluding carboxylic acids is 1. The Labute approximate surface area is 130 Å². The summed E-state index contributed by atoms with van der Waals surface area (Å²) < 4.78 is 23.0. The minimum absolute atomic E-state index is 0.0737. The summed E-state index contributed by atoms with van der Waals surface area (Å²) in [5.74, 6) is 0.613. The third-order valence-corrected chi connectivity index (χ3v) is 6.88. The van der Waals surface area contributed by atoms with Crippen LogP contribution in [0.15, 0.2) is 9.59 Å². The summed E-state index contributed by atoms with van der Waals surface area (Å²) in [5, 5.41) is 6.78. The van der Waals surface area contributed by atoms with Crippen LogP contribution in [0, 0.1) is 12.8 Å². The van der Waals surface area contributed by atoms with Crippen molar-refractivity contribution in [2.45, 2.75) is 43.7 Å². The smallest absolute Gasteiger partial charge is 0.255 e. The van der Waals surface area contributed by atoms with Gasteiger partial charge in [0, 0.05) is 18.5 Å².